The van der Waals surface area contributed by atoms with Crippen molar-refractivity contribution in [3.05, 3.63) is 11.8 Å². The van der Waals surface area contributed by atoms with Crippen molar-refractivity contribution in [2.45, 2.75) is 46.3 Å². The number of ether oxygens (including phenoxy) is 2. The molecule has 0 bridgehead atoms. The number of rotatable bonds is 4. The highest BCUT2D eigenvalue weighted by molar-refractivity contribution is 5.10. The standard InChI is InChI=1S/C12H23NO2/c1-5-14-11(12(2,3)4)10(13)9-7-6-8-15-9/h7,10-11H,5-6,8,13H2,1-4H3. The van der Waals surface area contributed by atoms with Crippen LogP contribution in [0.1, 0.15) is 34.1 Å². The third-order valence-corrected chi connectivity index (χ3v) is 2.59. The van der Waals surface area contributed by atoms with E-state index in [9.17, 15) is 0 Å². The summed E-state index contributed by atoms with van der Waals surface area (Å²) < 4.78 is 11.2. The normalized spacial score (nSPS) is 20.7. The van der Waals surface area contributed by atoms with Gasteiger partial charge in [-0.05, 0) is 18.4 Å². The second-order valence-corrected chi connectivity index (χ2v) is 5.01. The SMILES string of the molecule is CCOC(C(N)C1=CCCO1)C(C)(C)C. The van der Waals surface area contributed by atoms with Crippen molar-refractivity contribution in [3.63, 3.8) is 0 Å². The summed E-state index contributed by atoms with van der Waals surface area (Å²) in [6.07, 6.45) is 3.04. The highest BCUT2D eigenvalue weighted by Gasteiger charge is 2.34. The lowest BCUT2D eigenvalue weighted by Crippen LogP contribution is -2.46. The van der Waals surface area contributed by atoms with Gasteiger partial charge in [0.05, 0.1) is 18.8 Å². The first kappa shape index (κ1) is 12.5. The molecule has 2 atom stereocenters. The second-order valence-electron chi connectivity index (χ2n) is 5.01. The monoisotopic (exact) mass is 213 g/mol. The van der Waals surface area contributed by atoms with Gasteiger partial charge in [0.25, 0.3) is 0 Å². The molecule has 0 aliphatic carbocycles. The molecule has 1 heterocycles. The molecular formula is C12H23NO2. The van der Waals surface area contributed by atoms with Gasteiger partial charge in [-0.15, -0.1) is 0 Å². The number of hydrogen-bond acceptors (Lipinski definition) is 3. The second kappa shape index (κ2) is 4.99. The Hall–Kier alpha value is -0.540. The van der Waals surface area contributed by atoms with Crippen molar-refractivity contribution >= 4 is 0 Å². The van der Waals surface area contributed by atoms with Gasteiger partial charge in [-0.25, -0.2) is 0 Å². The first-order valence-corrected chi connectivity index (χ1v) is 5.67. The van der Waals surface area contributed by atoms with Crippen molar-refractivity contribution in [3.8, 4) is 0 Å². The van der Waals surface area contributed by atoms with E-state index in [1.165, 1.54) is 0 Å². The van der Waals surface area contributed by atoms with Crippen molar-refractivity contribution < 1.29 is 9.47 Å². The molecule has 2 unspecified atom stereocenters. The Morgan fingerprint density at radius 1 is 1.53 bits per heavy atom. The fraction of sp³-hybridized carbons (Fsp3) is 0.833. The van der Waals surface area contributed by atoms with Crippen LogP contribution in [0.3, 0.4) is 0 Å². The molecule has 0 saturated heterocycles. The average Bonchev–Trinajstić information content (AvgIpc) is 2.63. The van der Waals surface area contributed by atoms with Crippen LogP contribution in [-0.4, -0.2) is 25.4 Å². The third-order valence-electron chi connectivity index (χ3n) is 2.59. The van der Waals surface area contributed by atoms with Gasteiger partial charge in [-0.3, -0.25) is 0 Å². The molecule has 15 heavy (non-hydrogen) atoms. The van der Waals surface area contributed by atoms with E-state index in [-0.39, 0.29) is 17.6 Å². The lowest BCUT2D eigenvalue weighted by atomic mass is 9.84. The van der Waals surface area contributed by atoms with Crippen LogP contribution in [0.5, 0.6) is 0 Å². The van der Waals surface area contributed by atoms with Crippen LogP contribution in [0.2, 0.25) is 0 Å². The zero-order valence-corrected chi connectivity index (χ0v) is 10.2. The summed E-state index contributed by atoms with van der Waals surface area (Å²) in [5.74, 6) is 0.892. The summed E-state index contributed by atoms with van der Waals surface area (Å²) in [6.45, 7) is 9.86. The van der Waals surface area contributed by atoms with Gasteiger partial charge in [-0.1, -0.05) is 20.8 Å². The van der Waals surface area contributed by atoms with Crippen LogP contribution in [0.15, 0.2) is 11.8 Å². The first-order chi connectivity index (χ1) is 6.96. The fourth-order valence-corrected chi connectivity index (χ4v) is 1.89. The summed E-state index contributed by atoms with van der Waals surface area (Å²) in [6, 6.07) is -0.146. The lowest BCUT2D eigenvalue weighted by Gasteiger charge is -2.35. The van der Waals surface area contributed by atoms with Crippen LogP contribution in [0, 0.1) is 5.41 Å². The summed E-state index contributed by atoms with van der Waals surface area (Å²) in [7, 11) is 0. The van der Waals surface area contributed by atoms with Gasteiger partial charge in [0.1, 0.15) is 5.76 Å². The predicted molar refractivity (Wildman–Crippen MR) is 61.5 cm³/mol. The van der Waals surface area contributed by atoms with Crippen molar-refractivity contribution in [2.75, 3.05) is 13.2 Å². The molecule has 0 amide bonds. The molecule has 0 saturated carbocycles. The van der Waals surface area contributed by atoms with E-state index < -0.39 is 0 Å². The molecule has 0 fully saturated rings. The van der Waals surface area contributed by atoms with E-state index in [0.29, 0.717) is 6.61 Å². The maximum Gasteiger partial charge on any atom is 0.111 e. The summed E-state index contributed by atoms with van der Waals surface area (Å²) in [5.41, 5.74) is 6.21. The molecule has 3 nitrogen and oxygen atoms in total. The van der Waals surface area contributed by atoms with Gasteiger partial charge in [0.2, 0.25) is 0 Å². The minimum atomic E-state index is -0.146. The van der Waals surface area contributed by atoms with Gasteiger partial charge < -0.3 is 15.2 Å². The molecule has 0 spiro atoms. The molecule has 1 aliphatic heterocycles. The largest absolute Gasteiger partial charge is 0.496 e. The molecule has 0 radical (unpaired) electrons. The Morgan fingerprint density at radius 3 is 2.60 bits per heavy atom. The fourth-order valence-electron chi connectivity index (χ4n) is 1.89. The Morgan fingerprint density at radius 2 is 2.20 bits per heavy atom. The molecule has 0 aromatic rings. The molecule has 0 aromatic carbocycles. The van der Waals surface area contributed by atoms with E-state index in [0.717, 1.165) is 18.8 Å². The van der Waals surface area contributed by atoms with Crippen LogP contribution in [0.25, 0.3) is 0 Å². The minimum Gasteiger partial charge on any atom is -0.496 e. The summed E-state index contributed by atoms with van der Waals surface area (Å²) >= 11 is 0. The summed E-state index contributed by atoms with van der Waals surface area (Å²) in [5, 5.41) is 0. The van der Waals surface area contributed by atoms with E-state index >= 15 is 0 Å². The number of nitrogens with two attached hydrogens (primary N) is 1. The third kappa shape index (κ3) is 3.21. The first-order valence-electron chi connectivity index (χ1n) is 5.67. The van der Waals surface area contributed by atoms with E-state index in [1.807, 2.05) is 6.92 Å². The molecule has 1 aliphatic rings. The topological polar surface area (TPSA) is 44.5 Å². The van der Waals surface area contributed by atoms with E-state index in [2.05, 4.69) is 26.8 Å². The predicted octanol–water partition coefficient (Wildman–Crippen LogP) is 2.07. The smallest absolute Gasteiger partial charge is 0.111 e. The zero-order chi connectivity index (χ0) is 11.5. The lowest BCUT2D eigenvalue weighted by molar-refractivity contribution is -0.0296. The van der Waals surface area contributed by atoms with Crippen molar-refractivity contribution in [2.24, 2.45) is 11.1 Å². The molecule has 88 valence electrons. The highest BCUT2D eigenvalue weighted by atomic mass is 16.5. The van der Waals surface area contributed by atoms with Crippen molar-refractivity contribution in [1.82, 2.24) is 0 Å². The van der Waals surface area contributed by atoms with Gasteiger partial charge in [0.15, 0.2) is 0 Å². The van der Waals surface area contributed by atoms with Crippen LogP contribution >= 0.6 is 0 Å². The highest BCUT2D eigenvalue weighted by Crippen LogP contribution is 2.28. The van der Waals surface area contributed by atoms with Gasteiger partial charge in [0, 0.05) is 13.0 Å². The van der Waals surface area contributed by atoms with Gasteiger partial charge >= 0.3 is 0 Å². The molecule has 0 aromatic heterocycles. The Labute approximate surface area is 92.6 Å². The molecule has 1 rings (SSSR count). The maximum atomic E-state index is 6.18. The van der Waals surface area contributed by atoms with Crippen LogP contribution < -0.4 is 5.73 Å². The maximum absolute atomic E-state index is 6.18. The summed E-state index contributed by atoms with van der Waals surface area (Å²) in [4.78, 5) is 0. The number of hydrogen-bond donors (Lipinski definition) is 1. The van der Waals surface area contributed by atoms with Crippen LogP contribution in [0.4, 0.5) is 0 Å². The quantitative estimate of drug-likeness (QED) is 0.777. The minimum absolute atomic E-state index is 0.00634. The average molecular weight is 213 g/mol. The van der Waals surface area contributed by atoms with Crippen molar-refractivity contribution in [1.29, 1.82) is 0 Å². The Balaban J connectivity index is 2.70. The van der Waals surface area contributed by atoms with E-state index in [1.54, 1.807) is 0 Å². The Bertz CT molecular complexity index is 230. The van der Waals surface area contributed by atoms with Gasteiger partial charge in [-0.2, -0.15) is 0 Å². The molecular weight excluding hydrogens is 190 g/mol. The molecule has 2 N–H and O–H groups in total. The van der Waals surface area contributed by atoms with E-state index in [4.69, 9.17) is 15.2 Å². The zero-order valence-electron chi connectivity index (χ0n) is 10.2. The van der Waals surface area contributed by atoms with Crippen LogP contribution in [-0.2, 0) is 9.47 Å². The Kier molecular flexibility index (Phi) is 4.17. The molecule has 3 heteroatoms.